The van der Waals surface area contributed by atoms with Crippen molar-refractivity contribution in [3.8, 4) is 0 Å². The minimum absolute atomic E-state index is 0.200. The molecule has 0 aromatic heterocycles. The highest BCUT2D eigenvalue weighted by Gasteiger charge is 2.32. The maximum atomic E-state index is 11.9. The van der Waals surface area contributed by atoms with E-state index in [9.17, 15) is 9.59 Å². The van der Waals surface area contributed by atoms with Crippen molar-refractivity contribution in [3.63, 3.8) is 0 Å². The van der Waals surface area contributed by atoms with E-state index in [1.165, 1.54) is 12.0 Å². The van der Waals surface area contributed by atoms with E-state index in [4.69, 9.17) is 4.74 Å². The van der Waals surface area contributed by atoms with E-state index < -0.39 is 18.1 Å². The largest absolute Gasteiger partial charge is 0.459 e. The minimum Gasteiger partial charge on any atom is -0.459 e. The fourth-order valence-electron chi connectivity index (χ4n) is 1.85. The monoisotopic (exact) mass is 261 g/mol. The summed E-state index contributed by atoms with van der Waals surface area (Å²) in [5.74, 6) is -0.431. The predicted octanol–water partition coefficient (Wildman–Crippen LogP) is 2.08. The van der Waals surface area contributed by atoms with Crippen molar-refractivity contribution in [2.45, 2.75) is 19.1 Å². The average molecular weight is 261 g/mol. The number of ether oxygens (including phenoxy) is 2. The van der Waals surface area contributed by atoms with Crippen LogP contribution in [0.5, 0.6) is 0 Å². The van der Waals surface area contributed by atoms with E-state index in [1.807, 2.05) is 30.3 Å². The molecule has 0 bridgehead atoms. The first-order valence-corrected chi connectivity index (χ1v) is 5.96. The summed E-state index contributed by atoms with van der Waals surface area (Å²) in [6, 6.07) is 8.76. The summed E-state index contributed by atoms with van der Waals surface area (Å²) in [7, 11) is 1.28. The average Bonchev–Trinajstić information content (AvgIpc) is 2.94. The molecule has 0 fully saturated rings. The van der Waals surface area contributed by atoms with Crippen LogP contribution in [0, 0.1) is 0 Å². The number of benzene rings is 1. The molecule has 0 aliphatic carbocycles. The van der Waals surface area contributed by atoms with E-state index in [-0.39, 0.29) is 6.61 Å². The number of hydrogen-bond acceptors (Lipinski definition) is 4. The first-order chi connectivity index (χ1) is 9.22. The van der Waals surface area contributed by atoms with Gasteiger partial charge in [-0.15, -0.1) is 0 Å². The van der Waals surface area contributed by atoms with Crippen LogP contribution in [0.3, 0.4) is 0 Å². The van der Waals surface area contributed by atoms with Crippen molar-refractivity contribution in [2.75, 3.05) is 7.11 Å². The lowest BCUT2D eigenvalue weighted by molar-refractivity contribution is -0.149. The molecule has 2 rings (SSSR count). The first-order valence-electron chi connectivity index (χ1n) is 5.96. The molecule has 1 aromatic carbocycles. The quantitative estimate of drug-likeness (QED) is 0.782. The third kappa shape index (κ3) is 3.13. The Labute approximate surface area is 111 Å². The Morgan fingerprint density at radius 2 is 2.05 bits per heavy atom. The van der Waals surface area contributed by atoms with Gasteiger partial charge in [0.2, 0.25) is 0 Å². The smallest absolute Gasteiger partial charge is 0.414 e. The zero-order chi connectivity index (χ0) is 13.7. The van der Waals surface area contributed by atoms with Crippen LogP contribution in [-0.4, -0.2) is 30.1 Å². The number of rotatable bonds is 3. The molecule has 0 spiro atoms. The molecule has 1 atom stereocenters. The van der Waals surface area contributed by atoms with Crippen molar-refractivity contribution in [1.82, 2.24) is 4.90 Å². The molecule has 1 amide bonds. The van der Waals surface area contributed by atoms with Gasteiger partial charge < -0.3 is 9.47 Å². The van der Waals surface area contributed by atoms with Crippen LogP contribution in [0.15, 0.2) is 42.6 Å². The Balaban J connectivity index is 1.91. The van der Waals surface area contributed by atoms with Gasteiger partial charge in [-0.3, -0.25) is 4.90 Å². The van der Waals surface area contributed by atoms with Crippen molar-refractivity contribution in [3.05, 3.63) is 48.2 Å². The molecule has 0 radical (unpaired) electrons. The van der Waals surface area contributed by atoms with Crippen molar-refractivity contribution >= 4 is 12.1 Å². The Bertz CT molecular complexity index is 483. The summed E-state index contributed by atoms with van der Waals surface area (Å²) in [6.07, 6.45) is 3.17. The van der Waals surface area contributed by atoms with Crippen LogP contribution in [0.2, 0.25) is 0 Å². The summed E-state index contributed by atoms with van der Waals surface area (Å²) >= 11 is 0. The van der Waals surface area contributed by atoms with Gasteiger partial charge in [-0.05, 0) is 12.0 Å². The standard InChI is InChI=1S/C14H15NO4/c1-18-14(17)15-9-5-8-12(15)13(16)19-10-11-6-3-2-4-7-11/h2-7,9,12H,8,10H2,1H3. The highest BCUT2D eigenvalue weighted by Crippen LogP contribution is 2.17. The summed E-state index contributed by atoms with van der Waals surface area (Å²) in [6.45, 7) is 0.200. The van der Waals surface area contributed by atoms with Crippen LogP contribution < -0.4 is 0 Å². The van der Waals surface area contributed by atoms with Gasteiger partial charge >= 0.3 is 12.1 Å². The van der Waals surface area contributed by atoms with E-state index in [0.717, 1.165) is 5.56 Å². The number of carbonyl (C=O) groups excluding carboxylic acids is 2. The van der Waals surface area contributed by atoms with Crippen LogP contribution in [0.25, 0.3) is 0 Å². The SMILES string of the molecule is COC(=O)N1C=CCC1C(=O)OCc1ccccc1. The summed E-state index contributed by atoms with van der Waals surface area (Å²) in [5.41, 5.74) is 0.909. The highest BCUT2D eigenvalue weighted by atomic mass is 16.6. The van der Waals surface area contributed by atoms with Crippen LogP contribution in [0.4, 0.5) is 4.79 Å². The molecule has 0 saturated heterocycles. The topological polar surface area (TPSA) is 55.8 Å². The third-order valence-corrected chi connectivity index (χ3v) is 2.84. The normalized spacial score (nSPS) is 17.3. The second-order valence-corrected chi connectivity index (χ2v) is 4.11. The van der Waals surface area contributed by atoms with Crippen LogP contribution in [0.1, 0.15) is 12.0 Å². The number of methoxy groups -OCH3 is 1. The maximum absolute atomic E-state index is 11.9. The zero-order valence-electron chi connectivity index (χ0n) is 10.6. The van der Waals surface area contributed by atoms with Gasteiger partial charge in [-0.2, -0.15) is 0 Å². The molecular formula is C14H15NO4. The molecule has 5 nitrogen and oxygen atoms in total. The Morgan fingerprint density at radius 3 is 2.74 bits per heavy atom. The molecule has 1 unspecified atom stereocenters. The van der Waals surface area contributed by atoms with Gasteiger partial charge in [0.05, 0.1) is 7.11 Å². The molecule has 5 heteroatoms. The van der Waals surface area contributed by atoms with Crippen LogP contribution in [-0.2, 0) is 20.9 Å². The third-order valence-electron chi connectivity index (χ3n) is 2.84. The van der Waals surface area contributed by atoms with Crippen molar-refractivity contribution in [2.24, 2.45) is 0 Å². The Hall–Kier alpha value is -2.30. The van der Waals surface area contributed by atoms with E-state index in [0.29, 0.717) is 6.42 Å². The molecule has 1 aliphatic heterocycles. The molecule has 1 heterocycles. The number of carbonyl (C=O) groups is 2. The van der Waals surface area contributed by atoms with Gasteiger partial charge in [0.25, 0.3) is 0 Å². The van der Waals surface area contributed by atoms with Gasteiger partial charge in [0.1, 0.15) is 12.6 Å². The van der Waals surface area contributed by atoms with Gasteiger partial charge in [0, 0.05) is 6.20 Å². The second-order valence-electron chi connectivity index (χ2n) is 4.11. The lowest BCUT2D eigenvalue weighted by atomic mass is 10.2. The molecule has 19 heavy (non-hydrogen) atoms. The number of nitrogens with zero attached hydrogens (tertiary/aromatic N) is 1. The summed E-state index contributed by atoms with van der Waals surface area (Å²) < 4.78 is 9.81. The maximum Gasteiger partial charge on any atom is 0.414 e. The molecule has 1 aromatic rings. The van der Waals surface area contributed by atoms with Crippen molar-refractivity contribution in [1.29, 1.82) is 0 Å². The van der Waals surface area contributed by atoms with E-state index >= 15 is 0 Å². The molecule has 0 saturated carbocycles. The molecule has 1 aliphatic rings. The van der Waals surface area contributed by atoms with Gasteiger partial charge in [-0.25, -0.2) is 9.59 Å². The van der Waals surface area contributed by atoms with Gasteiger partial charge in [-0.1, -0.05) is 36.4 Å². The summed E-state index contributed by atoms with van der Waals surface area (Å²) in [4.78, 5) is 24.6. The van der Waals surface area contributed by atoms with E-state index in [2.05, 4.69) is 4.74 Å². The fourth-order valence-corrected chi connectivity index (χ4v) is 1.85. The second kappa shape index (κ2) is 6.04. The molecule has 100 valence electrons. The zero-order valence-corrected chi connectivity index (χ0v) is 10.6. The fraction of sp³-hybridized carbons (Fsp3) is 0.286. The summed E-state index contributed by atoms with van der Waals surface area (Å²) in [5, 5.41) is 0. The molecular weight excluding hydrogens is 246 g/mol. The Kier molecular flexibility index (Phi) is 4.18. The predicted molar refractivity (Wildman–Crippen MR) is 68.0 cm³/mol. The van der Waals surface area contributed by atoms with Gasteiger partial charge in [0.15, 0.2) is 0 Å². The number of amides is 1. The molecule has 0 N–H and O–H groups in total. The van der Waals surface area contributed by atoms with E-state index in [1.54, 1.807) is 12.3 Å². The highest BCUT2D eigenvalue weighted by molar-refractivity contribution is 5.83. The lowest BCUT2D eigenvalue weighted by Gasteiger charge is -2.20. The van der Waals surface area contributed by atoms with Crippen molar-refractivity contribution < 1.29 is 19.1 Å². The first kappa shape index (κ1) is 13.1. The Morgan fingerprint density at radius 1 is 1.32 bits per heavy atom. The number of esters is 1. The minimum atomic E-state index is -0.629. The lowest BCUT2D eigenvalue weighted by Crippen LogP contribution is -2.39. The van der Waals surface area contributed by atoms with Crippen LogP contribution >= 0.6 is 0 Å². The number of hydrogen-bond donors (Lipinski definition) is 0.